The van der Waals surface area contributed by atoms with E-state index in [0.29, 0.717) is 0 Å². The molecule has 0 atom stereocenters. The molecular formula is C23H20F2NS. The average molecular weight is 380 g/mol. The lowest BCUT2D eigenvalue weighted by atomic mass is 9.78. The van der Waals surface area contributed by atoms with Gasteiger partial charge in [-0.2, -0.15) is 4.99 Å². The summed E-state index contributed by atoms with van der Waals surface area (Å²) in [7, 11) is 0. The van der Waals surface area contributed by atoms with Crippen LogP contribution in [0.3, 0.4) is 0 Å². The molecule has 137 valence electrons. The molecule has 1 saturated carbocycles. The quantitative estimate of drug-likeness (QED) is 0.331. The van der Waals surface area contributed by atoms with E-state index in [1.807, 2.05) is 17.3 Å². The minimum absolute atomic E-state index is 0.254. The monoisotopic (exact) mass is 380 g/mol. The van der Waals surface area contributed by atoms with Gasteiger partial charge in [-0.1, -0.05) is 37.3 Å². The maximum Gasteiger partial charge on any atom is 0.153 e. The van der Waals surface area contributed by atoms with Gasteiger partial charge in [-0.15, -0.1) is 0 Å². The van der Waals surface area contributed by atoms with Crippen molar-refractivity contribution in [3.8, 4) is 11.8 Å². The Morgan fingerprint density at radius 2 is 1.59 bits per heavy atom. The van der Waals surface area contributed by atoms with Crippen LogP contribution in [-0.2, 0) is 0 Å². The molecule has 0 unspecified atom stereocenters. The van der Waals surface area contributed by atoms with Crippen molar-refractivity contribution in [1.29, 1.82) is 0 Å². The van der Waals surface area contributed by atoms with Crippen LogP contribution in [0.2, 0.25) is 0 Å². The van der Waals surface area contributed by atoms with Crippen molar-refractivity contribution in [3.63, 3.8) is 0 Å². The van der Waals surface area contributed by atoms with Crippen LogP contribution in [-0.4, -0.2) is 5.16 Å². The molecule has 0 N–H and O–H groups in total. The number of thiocarbonyl (C=S) groups is 1. The SMILES string of the molecule is CCC1CC[C](c2ccc(C#Cc3cc(F)c(N=C=S)c(F)c3)cc2)CC1. The molecule has 0 spiro atoms. The van der Waals surface area contributed by atoms with Crippen molar-refractivity contribution in [2.75, 3.05) is 0 Å². The Labute approximate surface area is 164 Å². The minimum atomic E-state index is -0.800. The van der Waals surface area contributed by atoms with Gasteiger partial charge in [0, 0.05) is 17.0 Å². The summed E-state index contributed by atoms with van der Waals surface area (Å²) in [6.45, 7) is 2.26. The second kappa shape index (κ2) is 9.04. The van der Waals surface area contributed by atoms with Crippen LogP contribution >= 0.6 is 12.2 Å². The molecule has 0 heterocycles. The minimum Gasteiger partial charge on any atom is -0.204 e. The van der Waals surface area contributed by atoms with Gasteiger partial charge in [0.15, 0.2) is 11.6 Å². The second-order valence-electron chi connectivity index (χ2n) is 6.77. The zero-order valence-electron chi connectivity index (χ0n) is 15.2. The first-order valence-corrected chi connectivity index (χ1v) is 9.55. The lowest BCUT2D eigenvalue weighted by Crippen LogP contribution is -2.13. The third-order valence-electron chi connectivity index (χ3n) is 5.10. The fourth-order valence-electron chi connectivity index (χ4n) is 3.45. The lowest BCUT2D eigenvalue weighted by molar-refractivity contribution is 0.376. The molecule has 0 aliphatic heterocycles. The smallest absolute Gasteiger partial charge is 0.153 e. The van der Waals surface area contributed by atoms with E-state index in [0.717, 1.165) is 23.6 Å². The van der Waals surface area contributed by atoms with E-state index < -0.39 is 17.3 Å². The van der Waals surface area contributed by atoms with Crippen molar-refractivity contribution >= 4 is 23.1 Å². The standard InChI is InChI=1S/C23H20F2NS/c1-2-16-5-9-19(10-6-16)20-11-7-17(8-12-20)3-4-18-13-21(24)23(26-15-27)22(25)14-18/h7-8,11-14,16H,2,5-6,9-10H2,1H3. The highest BCUT2D eigenvalue weighted by Gasteiger charge is 2.21. The topological polar surface area (TPSA) is 12.4 Å². The number of isothiocyanates is 1. The first-order chi connectivity index (χ1) is 13.1. The molecular weight excluding hydrogens is 360 g/mol. The summed E-state index contributed by atoms with van der Waals surface area (Å²) in [5, 5.41) is 1.97. The summed E-state index contributed by atoms with van der Waals surface area (Å²) in [5.41, 5.74) is 1.90. The molecule has 1 radical (unpaired) electrons. The van der Waals surface area contributed by atoms with Gasteiger partial charge in [-0.25, -0.2) is 8.78 Å². The third-order valence-corrected chi connectivity index (χ3v) is 5.20. The maximum atomic E-state index is 13.8. The molecule has 1 aliphatic carbocycles. The molecule has 3 rings (SSSR count). The summed E-state index contributed by atoms with van der Waals surface area (Å²) in [6, 6.07) is 10.4. The third kappa shape index (κ3) is 4.89. The predicted molar refractivity (Wildman–Crippen MR) is 108 cm³/mol. The van der Waals surface area contributed by atoms with Gasteiger partial charge in [0.2, 0.25) is 0 Å². The van der Waals surface area contributed by atoms with E-state index in [1.54, 1.807) is 0 Å². The fraction of sp³-hybridized carbons (Fsp3) is 0.304. The first kappa shape index (κ1) is 19.4. The van der Waals surface area contributed by atoms with E-state index >= 15 is 0 Å². The molecule has 0 bridgehead atoms. The Balaban J connectivity index is 1.72. The largest absolute Gasteiger partial charge is 0.204 e. The summed E-state index contributed by atoms with van der Waals surface area (Å²) in [5.74, 6) is 6.53. The van der Waals surface area contributed by atoms with Crippen molar-refractivity contribution in [1.82, 2.24) is 0 Å². The molecule has 0 amide bonds. The number of hydrogen-bond donors (Lipinski definition) is 0. The van der Waals surface area contributed by atoms with Crippen molar-refractivity contribution in [2.24, 2.45) is 10.9 Å². The number of benzene rings is 2. The number of halogens is 2. The van der Waals surface area contributed by atoms with Gasteiger partial charge >= 0.3 is 0 Å². The molecule has 2 aromatic carbocycles. The highest BCUT2D eigenvalue weighted by molar-refractivity contribution is 7.78. The molecule has 2 aromatic rings. The van der Waals surface area contributed by atoms with Gasteiger partial charge in [0.1, 0.15) is 5.69 Å². The predicted octanol–water partition coefficient (Wildman–Crippen LogP) is 6.62. The Morgan fingerprint density at radius 3 is 2.15 bits per heavy atom. The summed E-state index contributed by atoms with van der Waals surface area (Å²) in [4.78, 5) is 3.39. The fourth-order valence-corrected chi connectivity index (χ4v) is 3.54. The average Bonchev–Trinajstić information content (AvgIpc) is 2.70. The lowest BCUT2D eigenvalue weighted by Gasteiger charge is -2.27. The maximum absolute atomic E-state index is 13.8. The zero-order valence-corrected chi connectivity index (χ0v) is 16.0. The van der Waals surface area contributed by atoms with Crippen LogP contribution in [0.4, 0.5) is 14.5 Å². The van der Waals surface area contributed by atoms with E-state index in [4.69, 9.17) is 0 Å². The van der Waals surface area contributed by atoms with Crippen LogP contribution in [0, 0.1) is 35.3 Å². The summed E-state index contributed by atoms with van der Waals surface area (Å²) in [6.07, 6.45) is 6.14. The van der Waals surface area contributed by atoms with Crippen LogP contribution < -0.4 is 0 Å². The number of nitrogens with zero attached hydrogens (tertiary/aromatic N) is 1. The van der Waals surface area contributed by atoms with E-state index in [2.05, 4.69) is 48.1 Å². The number of hydrogen-bond acceptors (Lipinski definition) is 2. The Morgan fingerprint density at radius 1 is 1.00 bits per heavy atom. The van der Waals surface area contributed by atoms with Gasteiger partial charge in [0.25, 0.3) is 0 Å². The van der Waals surface area contributed by atoms with E-state index in [1.165, 1.54) is 43.6 Å². The van der Waals surface area contributed by atoms with Gasteiger partial charge < -0.3 is 0 Å². The van der Waals surface area contributed by atoms with Gasteiger partial charge in [0.05, 0.1) is 5.16 Å². The normalized spacial score (nSPS) is 14.9. The summed E-state index contributed by atoms with van der Waals surface area (Å²) < 4.78 is 27.7. The van der Waals surface area contributed by atoms with Crippen molar-refractivity contribution < 1.29 is 8.78 Å². The van der Waals surface area contributed by atoms with Crippen LogP contribution in [0.15, 0.2) is 41.4 Å². The van der Waals surface area contributed by atoms with Gasteiger partial charge in [-0.3, -0.25) is 0 Å². The molecule has 0 aromatic heterocycles. The Kier molecular flexibility index (Phi) is 6.50. The molecule has 1 nitrogen and oxygen atoms in total. The second-order valence-corrected chi connectivity index (χ2v) is 6.96. The first-order valence-electron chi connectivity index (χ1n) is 9.14. The molecule has 1 aliphatic rings. The van der Waals surface area contributed by atoms with E-state index in [9.17, 15) is 8.78 Å². The van der Waals surface area contributed by atoms with Gasteiger partial charge in [-0.05, 0) is 73.6 Å². The van der Waals surface area contributed by atoms with Crippen LogP contribution in [0.25, 0.3) is 0 Å². The highest BCUT2D eigenvalue weighted by atomic mass is 32.1. The molecule has 1 fully saturated rings. The molecule has 4 heteroatoms. The van der Waals surface area contributed by atoms with Crippen LogP contribution in [0.5, 0.6) is 0 Å². The van der Waals surface area contributed by atoms with Crippen molar-refractivity contribution in [2.45, 2.75) is 39.0 Å². The molecule has 0 saturated heterocycles. The zero-order chi connectivity index (χ0) is 19.2. The summed E-state index contributed by atoms with van der Waals surface area (Å²) >= 11 is 4.39. The van der Waals surface area contributed by atoms with Crippen molar-refractivity contribution in [3.05, 3.63) is 70.6 Å². The Bertz CT molecular complexity index is 887. The Hall–Kier alpha value is -2.34. The van der Waals surface area contributed by atoms with Crippen LogP contribution in [0.1, 0.15) is 55.7 Å². The number of aliphatic imine (C=N–C) groups is 1. The van der Waals surface area contributed by atoms with E-state index in [-0.39, 0.29) is 5.56 Å². The number of rotatable bonds is 3. The highest BCUT2D eigenvalue weighted by Crippen LogP contribution is 2.36. The molecule has 27 heavy (non-hydrogen) atoms.